The monoisotopic (exact) mass is 285 g/mol. The van der Waals surface area contributed by atoms with Gasteiger partial charge in [-0.1, -0.05) is 36.2 Å². The van der Waals surface area contributed by atoms with Gasteiger partial charge in [-0.05, 0) is 36.5 Å². The fraction of sp³-hybridized carbons (Fsp3) is 0.500. The lowest BCUT2D eigenvalue weighted by molar-refractivity contribution is -0.132. The number of amides is 1. The summed E-state index contributed by atoms with van der Waals surface area (Å²) < 4.78 is 0. The summed E-state index contributed by atoms with van der Waals surface area (Å²) in [5.41, 5.74) is 0.851. The normalized spacial score (nSPS) is 19.9. The molecule has 1 aliphatic heterocycles. The van der Waals surface area contributed by atoms with Gasteiger partial charge >= 0.3 is 0 Å². The Hall–Kier alpha value is -0.730. The minimum Gasteiger partial charge on any atom is -0.342 e. The van der Waals surface area contributed by atoms with E-state index in [1.807, 2.05) is 11.0 Å². The van der Waals surface area contributed by atoms with Crippen LogP contribution in [0.15, 0.2) is 18.2 Å². The molecule has 18 heavy (non-hydrogen) atoms. The standard InChI is InChI=1S/C14H17Cl2NO/c1-10-3-2-6-17(9-10)14(18)7-11-4-5-12(15)8-13(11)16/h4-5,8,10H,2-3,6-7,9H2,1H3. The summed E-state index contributed by atoms with van der Waals surface area (Å²) in [6, 6.07) is 5.29. The zero-order valence-corrected chi connectivity index (χ0v) is 12.0. The van der Waals surface area contributed by atoms with Crippen LogP contribution in [0.5, 0.6) is 0 Å². The quantitative estimate of drug-likeness (QED) is 0.810. The number of nitrogens with zero attached hydrogens (tertiary/aromatic N) is 1. The highest BCUT2D eigenvalue weighted by molar-refractivity contribution is 6.35. The van der Waals surface area contributed by atoms with Crippen LogP contribution in [0.25, 0.3) is 0 Å². The summed E-state index contributed by atoms with van der Waals surface area (Å²) in [6.07, 6.45) is 2.68. The van der Waals surface area contributed by atoms with Crippen molar-refractivity contribution in [2.24, 2.45) is 5.92 Å². The van der Waals surface area contributed by atoms with E-state index in [2.05, 4.69) is 6.92 Å². The molecular weight excluding hydrogens is 269 g/mol. The van der Waals surface area contributed by atoms with Crippen LogP contribution >= 0.6 is 23.2 Å². The molecule has 0 spiro atoms. The first-order chi connectivity index (χ1) is 8.56. The molecule has 1 aromatic carbocycles. The lowest BCUT2D eigenvalue weighted by Crippen LogP contribution is -2.39. The Bertz CT molecular complexity index is 447. The highest BCUT2D eigenvalue weighted by Gasteiger charge is 2.21. The molecule has 98 valence electrons. The van der Waals surface area contributed by atoms with Gasteiger partial charge < -0.3 is 4.90 Å². The molecule has 0 bridgehead atoms. The number of hydrogen-bond donors (Lipinski definition) is 0. The molecule has 1 atom stereocenters. The minimum atomic E-state index is 0.158. The van der Waals surface area contributed by atoms with E-state index in [4.69, 9.17) is 23.2 Å². The van der Waals surface area contributed by atoms with Gasteiger partial charge in [-0.15, -0.1) is 0 Å². The van der Waals surface area contributed by atoms with E-state index in [9.17, 15) is 4.79 Å². The van der Waals surface area contributed by atoms with Gasteiger partial charge in [0.2, 0.25) is 5.91 Å². The molecule has 2 nitrogen and oxygen atoms in total. The number of rotatable bonds is 2. The molecule has 0 N–H and O–H groups in total. The third kappa shape index (κ3) is 3.39. The second-order valence-electron chi connectivity index (χ2n) is 5.00. The van der Waals surface area contributed by atoms with E-state index in [0.29, 0.717) is 22.4 Å². The second kappa shape index (κ2) is 5.94. The first-order valence-corrected chi connectivity index (χ1v) is 7.03. The number of carbonyl (C=O) groups excluding carboxylic acids is 1. The van der Waals surface area contributed by atoms with E-state index in [1.165, 1.54) is 6.42 Å². The molecule has 2 rings (SSSR count). The lowest BCUT2D eigenvalue weighted by atomic mass is 9.99. The van der Waals surface area contributed by atoms with Gasteiger partial charge in [-0.2, -0.15) is 0 Å². The van der Waals surface area contributed by atoms with Crippen LogP contribution in [-0.4, -0.2) is 23.9 Å². The Morgan fingerprint density at radius 1 is 1.44 bits per heavy atom. The number of halogens is 2. The highest BCUT2D eigenvalue weighted by Crippen LogP contribution is 2.23. The van der Waals surface area contributed by atoms with E-state index < -0.39 is 0 Å². The van der Waals surface area contributed by atoms with Crippen molar-refractivity contribution < 1.29 is 4.79 Å². The molecule has 0 radical (unpaired) electrons. The topological polar surface area (TPSA) is 20.3 Å². The van der Waals surface area contributed by atoms with Crippen molar-refractivity contribution in [1.82, 2.24) is 4.90 Å². The Morgan fingerprint density at radius 2 is 2.22 bits per heavy atom. The molecule has 0 aliphatic carbocycles. The molecule has 1 unspecified atom stereocenters. The number of likely N-dealkylation sites (tertiary alicyclic amines) is 1. The molecule has 1 aromatic rings. The van der Waals surface area contributed by atoms with Gasteiger partial charge in [0.15, 0.2) is 0 Å². The van der Waals surface area contributed by atoms with Gasteiger partial charge in [0.05, 0.1) is 6.42 Å². The SMILES string of the molecule is CC1CCCN(C(=O)Cc2ccc(Cl)cc2Cl)C1. The summed E-state index contributed by atoms with van der Waals surface area (Å²) in [5, 5.41) is 1.17. The van der Waals surface area contributed by atoms with Gasteiger partial charge in [-0.3, -0.25) is 4.79 Å². The third-order valence-electron chi connectivity index (χ3n) is 3.37. The Labute approximate surface area is 118 Å². The summed E-state index contributed by atoms with van der Waals surface area (Å²) >= 11 is 11.9. The predicted octanol–water partition coefficient (Wildman–Crippen LogP) is 3.79. The average molecular weight is 286 g/mol. The number of benzene rings is 1. The fourth-order valence-corrected chi connectivity index (χ4v) is 2.83. The van der Waals surface area contributed by atoms with Crippen LogP contribution in [-0.2, 0) is 11.2 Å². The molecule has 4 heteroatoms. The van der Waals surface area contributed by atoms with Crippen LogP contribution in [0.1, 0.15) is 25.3 Å². The molecule has 1 saturated heterocycles. The Balaban J connectivity index is 2.02. The van der Waals surface area contributed by atoms with E-state index in [-0.39, 0.29) is 5.91 Å². The van der Waals surface area contributed by atoms with E-state index >= 15 is 0 Å². The van der Waals surface area contributed by atoms with Gasteiger partial charge in [0.1, 0.15) is 0 Å². The maximum Gasteiger partial charge on any atom is 0.227 e. The van der Waals surface area contributed by atoms with Crippen molar-refractivity contribution >= 4 is 29.1 Å². The van der Waals surface area contributed by atoms with E-state index in [0.717, 1.165) is 25.1 Å². The number of piperidine rings is 1. The van der Waals surface area contributed by atoms with Crippen LogP contribution in [0.2, 0.25) is 10.0 Å². The van der Waals surface area contributed by atoms with Crippen molar-refractivity contribution in [3.8, 4) is 0 Å². The summed E-state index contributed by atoms with van der Waals surface area (Å²) in [5.74, 6) is 0.758. The zero-order valence-electron chi connectivity index (χ0n) is 10.5. The van der Waals surface area contributed by atoms with Crippen molar-refractivity contribution in [3.05, 3.63) is 33.8 Å². The molecule has 0 aromatic heterocycles. The van der Waals surface area contributed by atoms with Gasteiger partial charge in [-0.25, -0.2) is 0 Å². The fourth-order valence-electron chi connectivity index (χ4n) is 2.36. The van der Waals surface area contributed by atoms with Gasteiger partial charge in [0.25, 0.3) is 0 Å². The second-order valence-corrected chi connectivity index (χ2v) is 5.84. The third-order valence-corrected chi connectivity index (χ3v) is 3.95. The lowest BCUT2D eigenvalue weighted by Gasteiger charge is -2.31. The summed E-state index contributed by atoms with van der Waals surface area (Å²) in [4.78, 5) is 14.1. The van der Waals surface area contributed by atoms with Crippen molar-refractivity contribution in [3.63, 3.8) is 0 Å². The predicted molar refractivity (Wildman–Crippen MR) is 75.1 cm³/mol. The zero-order chi connectivity index (χ0) is 13.1. The summed E-state index contributed by atoms with van der Waals surface area (Å²) in [6.45, 7) is 3.92. The molecule has 0 saturated carbocycles. The maximum absolute atomic E-state index is 12.2. The number of hydrogen-bond acceptors (Lipinski definition) is 1. The Kier molecular flexibility index (Phi) is 4.52. The first-order valence-electron chi connectivity index (χ1n) is 6.28. The van der Waals surface area contributed by atoms with Crippen molar-refractivity contribution in [1.29, 1.82) is 0 Å². The molecule has 1 fully saturated rings. The molecule has 1 aliphatic rings. The minimum absolute atomic E-state index is 0.158. The molecule has 1 amide bonds. The van der Waals surface area contributed by atoms with Gasteiger partial charge in [0, 0.05) is 23.1 Å². The molecular formula is C14H17Cl2NO. The number of carbonyl (C=O) groups is 1. The summed E-state index contributed by atoms with van der Waals surface area (Å²) in [7, 11) is 0. The Morgan fingerprint density at radius 3 is 2.89 bits per heavy atom. The largest absolute Gasteiger partial charge is 0.342 e. The van der Waals surface area contributed by atoms with Crippen molar-refractivity contribution in [2.75, 3.05) is 13.1 Å². The average Bonchev–Trinajstić information content (AvgIpc) is 2.32. The van der Waals surface area contributed by atoms with Crippen LogP contribution in [0.4, 0.5) is 0 Å². The van der Waals surface area contributed by atoms with Crippen LogP contribution in [0, 0.1) is 5.92 Å². The smallest absolute Gasteiger partial charge is 0.227 e. The first kappa shape index (κ1) is 13.7. The molecule has 1 heterocycles. The highest BCUT2D eigenvalue weighted by atomic mass is 35.5. The van der Waals surface area contributed by atoms with Crippen LogP contribution in [0.3, 0.4) is 0 Å². The van der Waals surface area contributed by atoms with E-state index in [1.54, 1.807) is 12.1 Å². The van der Waals surface area contributed by atoms with Crippen molar-refractivity contribution in [2.45, 2.75) is 26.2 Å². The van der Waals surface area contributed by atoms with Crippen LogP contribution < -0.4 is 0 Å². The maximum atomic E-state index is 12.2.